The van der Waals surface area contributed by atoms with Crippen molar-refractivity contribution in [2.24, 2.45) is 0 Å². The molecule has 2 nitrogen and oxygen atoms in total. The molecule has 1 heterocycles. The number of aromatic nitrogens is 1. The minimum atomic E-state index is 0.764. The first-order valence-corrected chi connectivity index (χ1v) is 4.36. The number of pyridine rings is 1. The van der Waals surface area contributed by atoms with Gasteiger partial charge in [0.1, 0.15) is 5.82 Å². The number of rotatable bonds is 1. The van der Waals surface area contributed by atoms with Gasteiger partial charge < -0.3 is 0 Å². The van der Waals surface area contributed by atoms with Crippen LogP contribution in [0.4, 0.5) is 5.82 Å². The van der Waals surface area contributed by atoms with Crippen molar-refractivity contribution < 1.29 is 0 Å². The third kappa shape index (κ3) is 1.58. The lowest BCUT2D eigenvalue weighted by atomic mass is 10.2. The minimum Gasteiger partial charge on any atom is -0.272 e. The average molecular weight is 193 g/mol. The van der Waals surface area contributed by atoms with Crippen LogP contribution in [-0.2, 0) is 0 Å². The van der Waals surface area contributed by atoms with Crippen molar-refractivity contribution in [3.8, 4) is 0 Å². The number of anilines is 1. The smallest absolute Gasteiger partial charge is 0.143 e. The Balaban J connectivity index is 2.62. The van der Waals surface area contributed by atoms with E-state index in [-0.39, 0.29) is 0 Å². The largest absolute Gasteiger partial charge is 0.272 e. The Labute approximate surface area is 81.9 Å². The molecule has 0 atom stereocenters. The van der Waals surface area contributed by atoms with E-state index in [4.69, 9.17) is 11.8 Å². The molecule has 0 saturated carbocycles. The summed E-state index contributed by atoms with van der Waals surface area (Å²) in [5.41, 5.74) is 0.965. The second-order valence-electron chi connectivity index (χ2n) is 2.84. The summed E-state index contributed by atoms with van der Waals surface area (Å²) >= 11 is 5.77. The number of benzene rings is 1. The maximum absolute atomic E-state index is 5.77. The van der Waals surface area contributed by atoms with Crippen molar-refractivity contribution in [3.63, 3.8) is 0 Å². The summed E-state index contributed by atoms with van der Waals surface area (Å²) in [5, 5.41) is 1.13. The fraction of sp³-hybridized carbons (Fsp3) is 0.100. The number of hydrogen-bond acceptors (Lipinski definition) is 2. The summed E-state index contributed by atoms with van der Waals surface area (Å²) in [7, 11) is 1.76. The molecule has 0 radical (unpaired) electrons. The molecule has 0 aliphatic carbocycles. The molecular weight excluding hydrogens is 184 g/mol. The third-order valence-electron chi connectivity index (χ3n) is 1.90. The molecule has 3 heteroatoms. The van der Waals surface area contributed by atoms with Gasteiger partial charge in [-0.15, -0.1) is 0 Å². The number of para-hydroxylation sites is 1. The van der Waals surface area contributed by atoms with Crippen molar-refractivity contribution >= 4 is 28.5 Å². The predicted molar refractivity (Wildman–Crippen MR) is 56.0 cm³/mol. The molecule has 0 fully saturated rings. The van der Waals surface area contributed by atoms with Gasteiger partial charge in [-0.05, 0) is 18.2 Å². The van der Waals surface area contributed by atoms with Crippen LogP contribution in [0.25, 0.3) is 10.9 Å². The molecule has 0 aliphatic rings. The maximum atomic E-state index is 5.77. The van der Waals surface area contributed by atoms with E-state index in [0.717, 1.165) is 16.7 Å². The highest BCUT2D eigenvalue weighted by Gasteiger charge is 1.99. The van der Waals surface area contributed by atoms with E-state index in [9.17, 15) is 0 Å². The van der Waals surface area contributed by atoms with Gasteiger partial charge in [-0.1, -0.05) is 18.2 Å². The lowest BCUT2D eigenvalue weighted by Crippen LogP contribution is -2.02. The van der Waals surface area contributed by atoms with Crippen molar-refractivity contribution in [2.45, 2.75) is 0 Å². The van der Waals surface area contributed by atoms with Gasteiger partial charge in [0.05, 0.1) is 5.52 Å². The highest BCUT2D eigenvalue weighted by atomic mass is 35.5. The second kappa shape index (κ2) is 3.23. The SMILES string of the molecule is CN(Cl)c1ccc2ccccc2n1. The normalized spacial score (nSPS) is 10.3. The van der Waals surface area contributed by atoms with Gasteiger partial charge in [0.25, 0.3) is 0 Å². The van der Waals surface area contributed by atoms with Crippen LogP contribution in [0.2, 0.25) is 0 Å². The molecule has 0 bridgehead atoms. The first kappa shape index (κ1) is 8.32. The van der Waals surface area contributed by atoms with Gasteiger partial charge in [0.15, 0.2) is 0 Å². The zero-order chi connectivity index (χ0) is 9.26. The summed E-state index contributed by atoms with van der Waals surface area (Å²) in [6.07, 6.45) is 0. The maximum Gasteiger partial charge on any atom is 0.143 e. The Bertz CT molecular complexity index is 426. The molecule has 0 saturated heterocycles. The summed E-state index contributed by atoms with van der Waals surface area (Å²) < 4.78 is 1.48. The van der Waals surface area contributed by atoms with E-state index in [1.807, 2.05) is 36.4 Å². The number of halogens is 1. The number of fused-ring (bicyclic) bond motifs is 1. The van der Waals surface area contributed by atoms with E-state index < -0.39 is 0 Å². The van der Waals surface area contributed by atoms with E-state index in [1.165, 1.54) is 4.42 Å². The molecule has 0 spiro atoms. The molecule has 13 heavy (non-hydrogen) atoms. The van der Waals surface area contributed by atoms with Crippen molar-refractivity contribution in [2.75, 3.05) is 11.5 Å². The van der Waals surface area contributed by atoms with Gasteiger partial charge >= 0.3 is 0 Å². The molecule has 2 rings (SSSR count). The molecular formula is C10H9ClN2. The summed E-state index contributed by atoms with van der Waals surface area (Å²) in [4.78, 5) is 4.37. The quantitative estimate of drug-likeness (QED) is 0.646. The van der Waals surface area contributed by atoms with Crippen LogP contribution in [0, 0.1) is 0 Å². The van der Waals surface area contributed by atoms with Gasteiger partial charge in [-0.2, -0.15) is 0 Å². The molecule has 0 amide bonds. The van der Waals surface area contributed by atoms with Gasteiger partial charge in [-0.3, -0.25) is 4.42 Å². The second-order valence-corrected chi connectivity index (χ2v) is 3.35. The topological polar surface area (TPSA) is 16.1 Å². The first-order chi connectivity index (χ1) is 6.27. The van der Waals surface area contributed by atoms with Crippen LogP contribution < -0.4 is 4.42 Å². The van der Waals surface area contributed by atoms with Gasteiger partial charge in [-0.25, -0.2) is 4.98 Å². The fourth-order valence-electron chi connectivity index (χ4n) is 1.23. The summed E-state index contributed by atoms with van der Waals surface area (Å²) in [6, 6.07) is 11.9. The Morgan fingerprint density at radius 1 is 1.15 bits per heavy atom. The molecule has 0 N–H and O–H groups in total. The fourth-order valence-corrected chi connectivity index (χ4v) is 1.32. The zero-order valence-corrected chi connectivity index (χ0v) is 7.99. The first-order valence-electron chi connectivity index (χ1n) is 4.03. The van der Waals surface area contributed by atoms with E-state index in [2.05, 4.69) is 4.98 Å². The number of hydrogen-bond donors (Lipinski definition) is 0. The standard InChI is InChI=1S/C10H9ClN2/c1-13(11)10-7-6-8-4-2-3-5-9(8)12-10/h2-7H,1H3. The van der Waals surface area contributed by atoms with Gasteiger partial charge in [0.2, 0.25) is 0 Å². The zero-order valence-electron chi connectivity index (χ0n) is 7.24. The number of nitrogens with zero attached hydrogens (tertiary/aromatic N) is 2. The molecule has 0 aliphatic heterocycles. The van der Waals surface area contributed by atoms with Crippen molar-refractivity contribution in [1.82, 2.24) is 4.98 Å². The Kier molecular flexibility index (Phi) is 2.07. The van der Waals surface area contributed by atoms with E-state index in [1.54, 1.807) is 7.05 Å². The molecule has 1 aromatic carbocycles. The summed E-state index contributed by atoms with van der Waals surface area (Å²) in [5.74, 6) is 0.764. The predicted octanol–water partition coefficient (Wildman–Crippen LogP) is 2.82. The molecule has 1 aromatic heterocycles. The molecule has 66 valence electrons. The minimum absolute atomic E-state index is 0.764. The van der Waals surface area contributed by atoms with E-state index >= 15 is 0 Å². The lowest BCUT2D eigenvalue weighted by Gasteiger charge is -2.07. The monoisotopic (exact) mass is 192 g/mol. The van der Waals surface area contributed by atoms with E-state index in [0.29, 0.717) is 0 Å². The highest BCUT2D eigenvalue weighted by Crippen LogP contribution is 2.17. The Morgan fingerprint density at radius 3 is 2.69 bits per heavy atom. The van der Waals surface area contributed by atoms with Crippen LogP contribution in [0.5, 0.6) is 0 Å². The highest BCUT2D eigenvalue weighted by molar-refractivity contribution is 6.25. The van der Waals surface area contributed by atoms with Crippen LogP contribution in [0.1, 0.15) is 0 Å². The van der Waals surface area contributed by atoms with Gasteiger partial charge in [0, 0.05) is 24.2 Å². The summed E-state index contributed by atoms with van der Waals surface area (Å²) in [6.45, 7) is 0. The molecule has 2 aromatic rings. The van der Waals surface area contributed by atoms with Crippen LogP contribution in [0.15, 0.2) is 36.4 Å². The van der Waals surface area contributed by atoms with Crippen LogP contribution >= 0.6 is 11.8 Å². The lowest BCUT2D eigenvalue weighted by molar-refractivity contribution is 1.24. The van der Waals surface area contributed by atoms with Crippen molar-refractivity contribution in [3.05, 3.63) is 36.4 Å². The average Bonchev–Trinajstić information content (AvgIpc) is 2.17. The third-order valence-corrected chi connectivity index (χ3v) is 2.07. The molecule has 0 unspecified atom stereocenters. The van der Waals surface area contributed by atoms with Crippen LogP contribution in [0.3, 0.4) is 0 Å². The van der Waals surface area contributed by atoms with Crippen molar-refractivity contribution in [1.29, 1.82) is 0 Å². The Hall–Kier alpha value is -1.28. The Morgan fingerprint density at radius 2 is 1.92 bits per heavy atom. The van der Waals surface area contributed by atoms with Crippen LogP contribution in [-0.4, -0.2) is 12.0 Å².